The van der Waals surface area contributed by atoms with Crippen molar-refractivity contribution in [2.45, 2.75) is 25.7 Å². The lowest BCUT2D eigenvalue weighted by molar-refractivity contribution is -0.135. The van der Waals surface area contributed by atoms with E-state index in [4.69, 9.17) is 5.11 Å². The van der Waals surface area contributed by atoms with Gasteiger partial charge in [0.05, 0.1) is 10.6 Å². The Kier molecular flexibility index (Phi) is 4.94. The summed E-state index contributed by atoms with van der Waals surface area (Å²) in [5, 5.41) is 9.13. The number of hydrogen-bond acceptors (Lipinski definition) is 3. The number of carboxylic acid groups (broad SMARTS) is 1. The van der Waals surface area contributed by atoms with Crippen molar-refractivity contribution in [1.82, 2.24) is 0 Å². The number of aryl methyl sites for hydroxylation is 2. The first-order valence-electron chi connectivity index (χ1n) is 7.21. The van der Waals surface area contributed by atoms with E-state index in [9.17, 15) is 17.6 Å². The Morgan fingerprint density at radius 2 is 1.79 bits per heavy atom. The van der Waals surface area contributed by atoms with Crippen LogP contribution < -0.4 is 4.31 Å². The van der Waals surface area contributed by atoms with Gasteiger partial charge in [-0.25, -0.2) is 12.8 Å². The van der Waals surface area contributed by atoms with E-state index in [2.05, 4.69) is 0 Å². The van der Waals surface area contributed by atoms with Gasteiger partial charge in [0.15, 0.2) is 0 Å². The van der Waals surface area contributed by atoms with Crippen LogP contribution in [0.5, 0.6) is 0 Å². The molecule has 0 fully saturated rings. The van der Waals surface area contributed by atoms with Gasteiger partial charge in [-0.3, -0.25) is 9.10 Å². The minimum Gasteiger partial charge on any atom is -0.480 e. The van der Waals surface area contributed by atoms with Crippen LogP contribution in [-0.4, -0.2) is 26.0 Å². The Bertz CT molecular complexity index is 893. The van der Waals surface area contributed by atoms with Crippen LogP contribution >= 0.6 is 0 Å². The van der Waals surface area contributed by atoms with E-state index in [1.54, 1.807) is 26.0 Å². The topological polar surface area (TPSA) is 74.7 Å². The molecule has 5 nitrogen and oxygen atoms in total. The fraction of sp³-hybridized carbons (Fsp3) is 0.235. The van der Waals surface area contributed by atoms with Gasteiger partial charge >= 0.3 is 5.97 Å². The first-order valence-corrected chi connectivity index (χ1v) is 8.65. The van der Waals surface area contributed by atoms with Crippen molar-refractivity contribution in [3.63, 3.8) is 0 Å². The van der Waals surface area contributed by atoms with Crippen LogP contribution in [0.4, 0.5) is 10.1 Å². The molecule has 2 rings (SSSR count). The summed E-state index contributed by atoms with van der Waals surface area (Å²) in [6.45, 7) is 4.29. The molecule has 2 aromatic carbocycles. The third-order valence-corrected chi connectivity index (χ3v) is 5.61. The molecule has 0 radical (unpaired) electrons. The minimum absolute atomic E-state index is 0.262. The van der Waals surface area contributed by atoms with Crippen molar-refractivity contribution in [3.05, 3.63) is 58.9 Å². The molecular weight excluding hydrogens is 333 g/mol. The number of rotatable bonds is 5. The molecule has 128 valence electrons. The Hall–Kier alpha value is -2.41. The van der Waals surface area contributed by atoms with E-state index in [-0.39, 0.29) is 10.6 Å². The SMILES string of the molecule is Cc1ccc(S(=O)(=O)N(CC(=O)O)c2cccc(C)c2C)cc1F. The van der Waals surface area contributed by atoms with Gasteiger partial charge in [-0.1, -0.05) is 18.2 Å². The highest BCUT2D eigenvalue weighted by Gasteiger charge is 2.29. The molecule has 0 aliphatic heterocycles. The quantitative estimate of drug-likeness (QED) is 0.898. The van der Waals surface area contributed by atoms with Crippen LogP contribution in [0.25, 0.3) is 0 Å². The molecule has 0 amide bonds. The molecule has 0 bridgehead atoms. The molecule has 0 atom stereocenters. The van der Waals surface area contributed by atoms with Gasteiger partial charge in [0, 0.05) is 0 Å². The lowest BCUT2D eigenvalue weighted by Crippen LogP contribution is -2.36. The molecule has 0 unspecified atom stereocenters. The van der Waals surface area contributed by atoms with Gasteiger partial charge in [-0.05, 0) is 55.7 Å². The van der Waals surface area contributed by atoms with Gasteiger partial charge in [0.1, 0.15) is 12.4 Å². The van der Waals surface area contributed by atoms with Crippen molar-refractivity contribution >= 4 is 21.7 Å². The maximum absolute atomic E-state index is 13.8. The molecule has 0 saturated heterocycles. The largest absolute Gasteiger partial charge is 0.480 e. The highest BCUT2D eigenvalue weighted by atomic mass is 32.2. The number of anilines is 1. The number of halogens is 1. The third-order valence-electron chi connectivity index (χ3n) is 3.85. The fourth-order valence-corrected chi connectivity index (χ4v) is 3.77. The average Bonchev–Trinajstić information content (AvgIpc) is 2.50. The lowest BCUT2D eigenvalue weighted by atomic mass is 10.1. The zero-order valence-corrected chi connectivity index (χ0v) is 14.4. The average molecular weight is 351 g/mol. The first kappa shape index (κ1) is 17.9. The van der Waals surface area contributed by atoms with Crippen molar-refractivity contribution in [1.29, 1.82) is 0 Å². The molecule has 0 aliphatic carbocycles. The van der Waals surface area contributed by atoms with Crippen LogP contribution in [0.2, 0.25) is 0 Å². The summed E-state index contributed by atoms with van der Waals surface area (Å²) in [5.74, 6) is -1.96. The Morgan fingerprint density at radius 3 is 2.38 bits per heavy atom. The molecule has 2 aromatic rings. The molecule has 24 heavy (non-hydrogen) atoms. The van der Waals surface area contributed by atoms with Crippen molar-refractivity contribution in [2.75, 3.05) is 10.8 Å². The van der Waals surface area contributed by atoms with Gasteiger partial charge in [0.25, 0.3) is 10.0 Å². The second-order valence-corrected chi connectivity index (χ2v) is 7.40. The van der Waals surface area contributed by atoms with Crippen LogP contribution in [0, 0.1) is 26.6 Å². The standard InChI is InChI=1S/C17H18FNO4S/c1-11-5-4-6-16(13(11)3)19(10-17(20)21)24(22,23)14-8-7-12(2)15(18)9-14/h4-9H,10H2,1-3H3,(H,20,21). The highest BCUT2D eigenvalue weighted by Crippen LogP contribution is 2.29. The van der Waals surface area contributed by atoms with E-state index >= 15 is 0 Å². The van der Waals surface area contributed by atoms with E-state index < -0.39 is 28.4 Å². The van der Waals surface area contributed by atoms with Crippen LogP contribution in [0.1, 0.15) is 16.7 Å². The maximum Gasteiger partial charge on any atom is 0.324 e. The first-order chi connectivity index (χ1) is 11.1. The summed E-state index contributed by atoms with van der Waals surface area (Å²) in [6.07, 6.45) is 0. The predicted molar refractivity (Wildman–Crippen MR) is 89.2 cm³/mol. The van der Waals surface area contributed by atoms with Crippen LogP contribution in [-0.2, 0) is 14.8 Å². The highest BCUT2D eigenvalue weighted by molar-refractivity contribution is 7.92. The second-order valence-electron chi connectivity index (χ2n) is 5.54. The summed E-state index contributed by atoms with van der Waals surface area (Å²) >= 11 is 0. The number of sulfonamides is 1. The summed E-state index contributed by atoms with van der Waals surface area (Å²) in [7, 11) is -4.22. The van der Waals surface area contributed by atoms with E-state index in [1.165, 1.54) is 25.1 Å². The summed E-state index contributed by atoms with van der Waals surface area (Å²) in [6, 6.07) is 8.52. The number of aliphatic carboxylic acids is 1. The van der Waals surface area contributed by atoms with Crippen molar-refractivity contribution in [3.8, 4) is 0 Å². The van der Waals surface area contributed by atoms with Gasteiger partial charge in [-0.2, -0.15) is 0 Å². The summed E-state index contributed by atoms with van der Waals surface area (Å²) in [5.41, 5.74) is 2.05. The molecule has 1 N–H and O–H groups in total. The zero-order chi connectivity index (χ0) is 18.1. The second kappa shape index (κ2) is 6.60. The summed E-state index contributed by atoms with van der Waals surface area (Å²) in [4.78, 5) is 10.9. The fourth-order valence-electron chi connectivity index (χ4n) is 2.29. The van der Waals surface area contributed by atoms with E-state index in [0.717, 1.165) is 15.9 Å². The molecule has 0 spiro atoms. The zero-order valence-electron chi connectivity index (χ0n) is 13.6. The molecular formula is C17H18FNO4S. The molecule has 0 heterocycles. The number of carbonyl (C=O) groups is 1. The molecule has 7 heteroatoms. The predicted octanol–water partition coefficient (Wildman–Crippen LogP) is 3.03. The minimum atomic E-state index is -4.22. The lowest BCUT2D eigenvalue weighted by Gasteiger charge is -2.25. The number of carboxylic acids is 1. The van der Waals surface area contributed by atoms with Crippen molar-refractivity contribution in [2.24, 2.45) is 0 Å². The third kappa shape index (κ3) is 3.41. The Morgan fingerprint density at radius 1 is 1.12 bits per heavy atom. The van der Waals surface area contributed by atoms with Crippen LogP contribution in [0.15, 0.2) is 41.3 Å². The number of benzene rings is 2. The normalized spacial score (nSPS) is 11.3. The van der Waals surface area contributed by atoms with Gasteiger partial charge in [0.2, 0.25) is 0 Å². The van der Waals surface area contributed by atoms with Gasteiger partial charge in [-0.15, -0.1) is 0 Å². The van der Waals surface area contributed by atoms with Crippen LogP contribution in [0.3, 0.4) is 0 Å². The number of hydrogen-bond donors (Lipinski definition) is 1. The molecule has 0 aromatic heterocycles. The Labute approximate surface area is 140 Å². The van der Waals surface area contributed by atoms with Gasteiger partial charge < -0.3 is 5.11 Å². The molecule has 0 aliphatic rings. The monoisotopic (exact) mass is 351 g/mol. The number of nitrogens with zero attached hydrogens (tertiary/aromatic N) is 1. The van der Waals surface area contributed by atoms with Crippen molar-refractivity contribution < 1.29 is 22.7 Å². The van der Waals surface area contributed by atoms with E-state index in [1.807, 2.05) is 0 Å². The van der Waals surface area contributed by atoms with E-state index in [0.29, 0.717) is 11.1 Å². The molecule has 0 saturated carbocycles. The smallest absolute Gasteiger partial charge is 0.324 e. The Balaban J connectivity index is 2.64. The maximum atomic E-state index is 13.8. The summed E-state index contributed by atoms with van der Waals surface area (Å²) < 4.78 is 40.4.